The maximum Gasteiger partial charge on any atom is 0.261 e. The first-order valence-electron chi connectivity index (χ1n) is 7.49. The van der Waals surface area contributed by atoms with Gasteiger partial charge in [0, 0.05) is 18.7 Å². The van der Waals surface area contributed by atoms with Crippen molar-refractivity contribution in [2.45, 2.75) is 31.2 Å². The van der Waals surface area contributed by atoms with Gasteiger partial charge in [0.15, 0.2) is 0 Å². The van der Waals surface area contributed by atoms with E-state index in [4.69, 9.17) is 0 Å². The number of rotatable bonds is 3. The van der Waals surface area contributed by atoms with Gasteiger partial charge in [-0.05, 0) is 55.3 Å². The number of carbonyl (C=O) groups excluding carboxylic acids is 1. The highest BCUT2D eigenvalue weighted by Gasteiger charge is 2.30. The summed E-state index contributed by atoms with van der Waals surface area (Å²) in [5, 5.41) is 0. The highest BCUT2D eigenvalue weighted by atomic mass is 32.2. The van der Waals surface area contributed by atoms with E-state index in [9.17, 15) is 17.6 Å². The molecular weight excluding hydrogens is 331 g/mol. The van der Waals surface area contributed by atoms with E-state index in [2.05, 4.69) is 4.72 Å². The zero-order valence-electron chi connectivity index (χ0n) is 13.3. The van der Waals surface area contributed by atoms with Crippen LogP contribution in [-0.4, -0.2) is 20.4 Å². The monoisotopic (exact) mass is 348 g/mol. The maximum atomic E-state index is 13.2. The Hall–Kier alpha value is -2.41. The van der Waals surface area contributed by atoms with E-state index in [1.54, 1.807) is 17.0 Å². The zero-order chi connectivity index (χ0) is 17.5. The fourth-order valence-electron chi connectivity index (χ4n) is 3.02. The normalized spacial score (nSPS) is 16.8. The first-order valence-corrected chi connectivity index (χ1v) is 8.97. The van der Waals surface area contributed by atoms with Crippen LogP contribution in [0, 0.1) is 5.82 Å². The van der Waals surface area contributed by atoms with Crippen LogP contribution in [0.2, 0.25) is 0 Å². The van der Waals surface area contributed by atoms with Crippen molar-refractivity contribution in [3.63, 3.8) is 0 Å². The third-order valence-corrected chi connectivity index (χ3v) is 5.37. The predicted molar refractivity (Wildman–Crippen MR) is 90.0 cm³/mol. The summed E-state index contributed by atoms with van der Waals surface area (Å²) in [5.41, 5.74) is 1.70. The van der Waals surface area contributed by atoms with Gasteiger partial charge in [0.05, 0.1) is 10.6 Å². The van der Waals surface area contributed by atoms with Crippen LogP contribution in [0.5, 0.6) is 0 Å². The Balaban J connectivity index is 1.93. The van der Waals surface area contributed by atoms with Crippen LogP contribution >= 0.6 is 0 Å². The summed E-state index contributed by atoms with van der Waals surface area (Å²) in [6, 6.07) is 9.92. The largest absolute Gasteiger partial charge is 0.309 e. The van der Waals surface area contributed by atoms with Crippen molar-refractivity contribution in [1.82, 2.24) is 0 Å². The van der Waals surface area contributed by atoms with Crippen LogP contribution < -0.4 is 9.62 Å². The molecule has 0 spiro atoms. The van der Waals surface area contributed by atoms with Crippen LogP contribution in [0.4, 0.5) is 15.8 Å². The van der Waals surface area contributed by atoms with Crippen LogP contribution in [0.1, 0.15) is 19.4 Å². The molecule has 1 N–H and O–H groups in total. The number of benzene rings is 2. The molecule has 0 saturated carbocycles. The number of carbonyl (C=O) groups is 1. The van der Waals surface area contributed by atoms with Gasteiger partial charge in [-0.1, -0.05) is 6.07 Å². The highest BCUT2D eigenvalue weighted by molar-refractivity contribution is 7.92. The standard InChI is InChI=1S/C17H17FN2O3S/c1-11-8-13-9-16(6-7-17(13)20(11)12(2)21)24(22,23)19-15-5-3-4-14(18)10-15/h3-7,9-11,19H,8H2,1-2H3/t11-/m0/s1. The summed E-state index contributed by atoms with van der Waals surface area (Å²) in [6.07, 6.45) is 0.595. The topological polar surface area (TPSA) is 66.5 Å². The molecule has 1 aliphatic rings. The number of halogens is 1. The fraction of sp³-hybridized carbons (Fsp3) is 0.235. The van der Waals surface area contributed by atoms with E-state index in [1.165, 1.54) is 31.2 Å². The molecule has 1 amide bonds. The smallest absolute Gasteiger partial charge is 0.261 e. The number of sulfonamides is 1. The Labute approximate surface area is 140 Å². The van der Waals surface area contributed by atoms with Crippen LogP contribution in [-0.2, 0) is 21.2 Å². The number of nitrogens with one attached hydrogen (secondary N) is 1. The second-order valence-corrected chi connectivity index (χ2v) is 7.53. The SMILES string of the molecule is CC(=O)N1c2ccc(S(=O)(=O)Nc3cccc(F)c3)cc2C[C@@H]1C. The number of anilines is 2. The van der Waals surface area contributed by atoms with Gasteiger partial charge in [-0.3, -0.25) is 9.52 Å². The number of amides is 1. The molecule has 0 saturated heterocycles. The molecule has 126 valence electrons. The van der Waals surface area contributed by atoms with Crippen LogP contribution in [0.15, 0.2) is 47.4 Å². The molecule has 7 heteroatoms. The molecule has 2 aromatic carbocycles. The minimum atomic E-state index is -3.83. The molecule has 1 aliphatic heterocycles. The lowest BCUT2D eigenvalue weighted by atomic mass is 10.1. The summed E-state index contributed by atoms with van der Waals surface area (Å²) in [5.74, 6) is -0.593. The minimum Gasteiger partial charge on any atom is -0.309 e. The Kier molecular flexibility index (Phi) is 4.04. The van der Waals surface area contributed by atoms with Crippen molar-refractivity contribution in [3.8, 4) is 0 Å². The molecule has 0 aliphatic carbocycles. The molecule has 0 unspecified atom stereocenters. The molecular formula is C17H17FN2O3S. The van der Waals surface area contributed by atoms with Crippen molar-refractivity contribution in [3.05, 3.63) is 53.8 Å². The lowest BCUT2D eigenvalue weighted by Gasteiger charge is -2.20. The van der Waals surface area contributed by atoms with Crippen molar-refractivity contribution in [2.24, 2.45) is 0 Å². The van der Waals surface area contributed by atoms with Gasteiger partial charge in [-0.2, -0.15) is 0 Å². The molecule has 5 nitrogen and oxygen atoms in total. The van der Waals surface area contributed by atoms with E-state index in [0.29, 0.717) is 6.42 Å². The number of nitrogens with zero attached hydrogens (tertiary/aromatic N) is 1. The van der Waals surface area contributed by atoms with E-state index >= 15 is 0 Å². The lowest BCUT2D eigenvalue weighted by Crippen LogP contribution is -2.33. The van der Waals surface area contributed by atoms with Gasteiger partial charge < -0.3 is 4.90 Å². The summed E-state index contributed by atoms with van der Waals surface area (Å²) < 4.78 is 40.6. The number of hydrogen-bond acceptors (Lipinski definition) is 3. The molecule has 0 fully saturated rings. The van der Waals surface area contributed by atoms with Crippen molar-refractivity contribution in [1.29, 1.82) is 0 Å². The summed E-state index contributed by atoms with van der Waals surface area (Å²) in [6.45, 7) is 3.41. The van der Waals surface area contributed by atoms with E-state index in [0.717, 1.165) is 17.3 Å². The quantitative estimate of drug-likeness (QED) is 0.927. The third-order valence-electron chi connectivity index (χ3n) is 3.99. The molecule has 3 rings (SSSR count). The summed E-state index contributed by atoms with van der Waals surface area (Å²) >= 11 is 0. The predicted octanol–water partition coefficient (Wildman–Crippen LogP) is 2.92. The van der Waals surface area contributed by atoms with E-state index < -0.39 is 15.8 Å². The van der Waals surface area contributed by atoms with Gasteiger partial charge >= 0.3 is 0 Å². The Bertz CT molecular complexity index is 912. The first-order chi connectivity index (χ1) is 11.3. The molecule has 2 aromatic rings. The molecule has 1 heterocycles. The molecule has 24 heavy (non-hydrogen) atoms. The molecule has 1 atom stereocenters. The third kappa shape index (κ3) is 2.99. The highest BCUT2D eigenvalue weighted by Crippen LogP contribution is 2.34. The van der Waals surface area contributed by atoms with Gasteiger partial charge in [0.1, 0.15) is 5.82 Å². The summed E-state index contributed by atoms with van der Waals surface area (Å²) in [4.78, 5) is 13.5. The zero-order valence-corrected chi connectivity index (χ0v) is 14.1. The Morgan fingerprint density at radius 1 is 1.25 bits per heavy atom. The number of hydrogen-bond donors (Lipinski definition) is 1. The second kappa shape index (κ2) is 5.90. The van der Waals surface area contributed by atoms with Crippen LogP contribution in [0.25, 0.3) is 0 Å². The minimum absolute atomic E-state index is 0.00775. The van der Waals surface area contributed by atoms with Crippen LogP contribution in [0.3, 0.4) is 0 Å². The Morgan fingerprint density at radius 2 is 2.00 bits per heavy atom. The van der Waals surface area contributed by atoms with E-state index in [1.807, 2.05) is 6.92 Å². The first kappa shape index (κ1) is 16.4. The van der Waals surface area contributed by atoms with Gasteiger partial charge in [0.2, 0.25) is 5.91 Å². The van der Waals surface area contributed by atoms with Gasteiger partial charge in [0.25, 0.3) is 10.0 Å². The molecule has 0 aromatic heterocycles. The fourth-order valence-corrected chi connectivity index (χ4v) is 4.12. The summed E-state index contributed by atoms with van der Waals surface area (Å²) in [7, 11) is -3.83. The molecule has 0 bridgehead atoms. The maximum absolute atomic E-state index is 13.2. The second-order valence-electron chi connectivity index (χ2n) is 5.85. The Morgan fingerprint density at radius 3 is 2.67 bits per heavy atom. The molecule has 0 radical (unpaired) electrons. The van der Waals surface area contributed by atoms with E-state index in [-0.39, 0.29) is 22.5 Å². The average Bonchev–Trinajstić information content (AvgIpc) is 2.81. The number of fused-ring (bicyclic) bond motifs is 1. The van der Waals surface area contributed by atoms with Crippen molar-refractivity contribution in [2.75, 3.05) is 9.62 Å². The van der Waals surface area contributed by atoms with Crippen molar-refractivity contribution < 1.29 is 17.6 Å². The van der Waals surface area contributed by atoms with Gasteiger partial charge in [-0.25, -0.2) is 12.8 Å². The average molecular weight is 348 g/mol. The van der Waals surface area contributed by atoms with Gasteiger partial charge in [-0.15, -0.1) is 0 Å². The van der Waals surface area contributed by atoms with Crippen molar-refractivity contribution >= 4 is 27.3 Å². The lowest BCUT2D eigenvalue weighted by molar-refractivity contribution is -0.116.